The van der Waals surface area contributed by atoms with Crippen LogP contribution in [0, 0.1) is 6.92 Å². The van der Waals surface area contributed by atoms with E-state index in [1.165, 1.54) is 10.9 Å². The molecule has 192 valence electrons. The highest BCUT2D eigenvalue weighted by Crippen LogP contribution is 2.21. The molecule has 0 atom stereocenters. The molecule has 9 nitrogen and oxygen atoms in total. The number of aromatic nitrogens is 6. The molecule has 39 heavy (non-hydrogen) atoms. The summed E-state index contributed by atoms with van der Waals surface area (Å²) in [6, 6.07) is 26.7. The van der Waals surface area contributed by atoms with Gasteiger partial charge < -0.3 is 5.32 Å². The molecule has 0 bridgehead atoms. The molecule has 0 radical (unpaired) electrons. The molecule has 3 aromatic carbocycles. The predicted octanol–water partition coefficient (Wildman–Crippen LogP) is 5.10. The second-order valence-electron chi connectivity index (χ2n) is 9.03. The Labute approximate surface area is 227 Å². The summed E-state index contributed by atoms with van der Waals surface area (Å²) in [6.07, 6.45) is 1.63. The van der Waals surface area contributed by atoms with Crippen molar-refractivity contribution in [1.82, 2.24) is 29.5 Å². The molecular weight excluding hydrogens is 514 g/mol. The smallest absolute Gasteiger partial charge is 0.263 e. The van der Waals surface area contributed by atoms with Gasteiger partial charge in [0, 0.05) is 11.1 Å². The molecule has 3 heterocycles. The summed E-state index contributed by atoms with van der Waals surface area (Å²) in [4.78, 5) is 33.2. The minimum atomic E-state index is -0.376. The maximum absolute atomic E-state index is 13.0. The normalized spacial score (nSPS) is 11.1. The number of amides is 1. The molecule has 0 saturated carbocycles. The molecule has 6 rings (SSSR count). The van der Waals surface area contributed by atoms with Gasteiger partial charge in [0.1, 0.15) is 11.2 Å². The van der Waals surface area contributed by atoms with Crippen LogP contribution < -0.4 is 10.9 Å². The second-order valence-corrected chi connectivity index (χ2v) is 9.47. The molecule has 0 spiro atoms. The maximum Gasteiger partial charge on any atom is 0.263 e. The zero-order chi connectivity index (χ0) is 26.9. The summed E-state index contributed by atoms with van der Waals surface area (Å²) < 4.78 is 2.96. The molecule has 0 saturated heterocycles. The number of aryl methyl sites for hydroxylation is 1. The number of nitrogens with zero attached hydrogens (tertiary/aromatic N) is 5. The van der Waals surface area contributed by atoms with Crippen LogP contribution in [0.15, 0.2) is 95.9 Å². The van der Waals surface area contributed by atoms with E-state index in [0.29, 0.717) is 33.3 Å². The van der Waals surface area contributed by atoms with Gasteiger partial charge in [0.05, 0.1) is 24.0 Å². The van der Waals surface area contributed by atoms with Crippen LogP contribution >= 0.6 is 11.6 Å². The van der Waals surface area contributed by atoms with Gasteiger partial charge in [-0.3, -0.25) is 14.6 Å². The first-order valence-corrected chi connectivity index (χ1v) is 12.6. The largest absolute Gasteiger partial charge is 0.310 e. The van der Waals surface area contributed by atoms with Gasteiger partial charge >= 0.3 is 0 Å². The van der Waals surface area contributed by atoms with Crippen LogP contribution in [0.2, 0.25) is 5.02 Å². The number of hydrogen-bond acceptors (Lipinski definition) is 5. The number of anilines is 1. The zero-order valence-electron chi connectivity index (χ0n) is 20.8. The highest BCUT2D eigenvalue weighted by atomic mass is 35.5. The van der Waals surface area contributed by atoms with Gasteiger partial charge in [-0.2, -0.15) is 19.9 Å². The van der Waals surface area contributed by atoms with Crippen LogP contribution in [-0.2, 0) is 11.2 Å². The van der Waals surface area contributed by atoms with Crippen LogP contribution in [0.25, 0.3) is 33.8 Å². The number of hydrogen-bond donors (Lipinski definition) is 2. The molecule has 0 fully saturated rings. The Balaban J connectivity index is 1.27. The summed E-state index contributed by atoms with van der Waals surface area (Å²) in [6.45, 7) is 1.79. The lowest BCUT2D eigenvalue weighted by molar-refractivity contribution is -0.115. The fraction of sp³-hybridized carbons (Fsp3) is 0.0690. The van der Waals surface area contributed by atoms with E-state index in [-0.39, 0.29) is 23.8 Å². The van der Waals surface area contributed by atoms with Gasteiger partial charge in [-0.1, -0.05) is 66.2 Å². The van der Waals surface area contributed by atoms with Crippen molar-refractivity contribution in [3.63, 3.8) is 0 Å². The number of aromatic amines is 1. The molecule has 0 aliphatic carbocycles. The molecule has 0 aliphatic rings. The molecule has 6 aromatic rings. The molecular formula is C29H22ClN7O2. The number of H-pyrrole nitrogens is 1. The molecule has 3 aromatic heterocycles. The number of rotatable bonds is 6. The Hall–Kier alpha value is -5.02. The summed E-state index contributed by atoms with van der Waals surface area (Å²) in [5, 5.41) is 12.6. The van der Waals surface area contributed by atoms with E-state index in [2.05, 4.69) is 25.5 Å². The Morgan fingerprint density at radius 2 is 1.67 bits per heavy atom. The van der Waals surface area contributed by atoms with E-state index < -0.39 is 0 Å². The predicted molar refractivity (Wildman–Crippen MR) is 151 cm³/mol. The van der Waals surface area contributed by atoms with Gasteiger partial charge in [-0.25, -0.2) is 4.68 Å². The average molecular weight is 536 g/mol. The highest BCUT2D eigenvalue weighted by Gasteiger charge is 2.17. The van der Waals surface area contributed by atoms with E-state index in [0.717, 1.165) is 16.7 Å². The van der Waals surface area contributed by atoms with Gasteiger partial charge in [0.2, 0.25) is 11.9 Å². The van der Waals surface area contributed by atoms with Crippen molar-refractivity contribution in [3.05, 3.63) is 118 Å². The lowest BCUT2D eigenvalue weighted by Crippen LogP contribution is -2.20. The lowest BCUT2D eigenvalue weighted by atomic mass is 10.0. The van der Waals surface area contributed by atoms with Crippen LogP contribution in [0.1, 0.15) is 11.3 Å². The SMILES string of the molecule is Cc1cc(NC(=O)Cc2ccc(-c3ccccc3)cc2)n(-c2nc3c(cnn3-c3ccc(Cl)cc3)c(=O)[nH]2)n1. The van der Waals surface area contributed by atoms with E-state index in [1.54, 1.807) is 41.9 Å². The van der Waals surface area contributed by atoms with Crippen LogP contribution in [0.5, 0.6) is 0 Å². The monoisotopic (exact) mass is 535 g/mol. The third-order valence-electron chi connectivity index (χ3n) is 6.22. The van der Waals surface area contributed by atoms with E-state index >= 15 is 0 Å². The van der Waals surface area contributed by atoms with Gasteiger partial charge in [0.25, 0.3) is 5.56 Å². The third-order valence-corrected chi connectivity index (χ3v) is 6.47. The first-order chi connectivity index (χ1) is 18.9. The summed E-state index contributed by atoms with van der Waals surface area (Å²) in [5.74, 6) is 0.315. The van der Waals surface area contributed by atoms with Crippen molar-refractivity contribution in [2.24, 2.45) is 0 Å². The van der Waals surface area contributed by atoms with Crippen molar-refractivity contribution in [2.75, 3.05) is 5.32 Å². The highest BCUT2D eigenvalue weighted by molar-refractivity contribution is 6.30. The van der Waals surface area contributed by atoms with Gasteiger partial charge in [-0.15, -0.1) is 0 Å². The Morgan fingerprint density at radius 1 is 0.949 bits per heavy atom. The Bertz CT molecular complexity index is 1850. The van der Waals surface area contributed by atoms with Crippen molar-refractivity contribution in [1.29, 1.82) is 0 Å². The van der Waals surface area contributed by atoms with E-state index in [4.69, 9.17) is 11.6 Å². The maximum atomic E-state index is 13.0. The minimum absolute atomic E-state index is 0.152. The fourth-order valence-electron chi connectivity index (χ4n) is 4.35. The van der Waals surface area contributed by atoms with Gasteiger partial charge in [-0.05, 0) is 47.9 Å². The van der Waals surface area contributed by atoms with E-state index in [1.807, 2.05) is 54.6 Å². The summed E-state index contributed by atoms with van der Waals surface area (Å²) in [5.41, 5.74) is 4.38. The number of fused-ring (bicyclic) bond motifs is 1. The first-order valence-electron chi connectivity index (χ1n) is 12.2. The molecule has 10 heteroatoms. The zero-order valence-corrected chi connectivity index (χ0v) is 21.6. The van der Waals surface area contributed by atoms with E-state index in [9.17, 15) is 9.59 Å². The molecule has 0 aliphatic heterocycles. The van der Waals surface area contributed by atoms with Crippen LogP contribution in [0.4, 0.5) is 5.82 Å². The van der Waals surface area contributed by atoms with Crippen molar-refractivity contribution in [3.8, 4) is 22.8 Å². The third kappa shape index (κ3) is 4.95. The molecule has 1 amide bonds. The van der Waals surface area contributed by atoms with Crippen molar-refractivity contribution >= 4 is 34.4 Å². The number of carbonyl (C=O) groups is 1. The Kier molecular flexibility index (Phi) is 6.26. The number of halogens is 1. The van der Waals surface area contributed by atoms with Crippen molar-refractivity contribution < 1.29 is 4.79 Å². The topological polar surface area (TPSA) is 110 Å². The second kappa shape index (κ2) is 10.0. The Morgan fingerprint density at radius 3 is 2.41 bits per heavy atom. The number of carbonyl (C=O) groups excluding carboxylic acids is 1. The first kappa shape index (κ1) is 24.3. The summed E-state index contributed by atoms with van der Waals surface area (Å²) >= 11 is 6.02. The standard InChI is InChI=1S/C29H22ClN7O2/c1-18-15-25(32-26(38)16-19-7-9-21(10-8-19)20-5-3-2-4-6-20)37(35-18)29-33-27-24(28(39)34-29)17-31-36(27)23-13-11-22(30)12-14-23/h2-15,17H,16H2,1H3,(H,32,38)(H,33,34,39). The fourth-order valence-corrected chi connectivity index (χ4v) is 4.47. The summed E-state index contributed by atoms with van der Waals surface area (Å²) in [7, 11) is 0. The molecule has 0 unspecified atom stereocenters. The number of nitrogens with one attached hydrogen (secondary N) is 2. The number of benzene rings is 3. The minimum Gasteiger partial charge on any atom is -0.310 e. The van der Waals surface area contributed by atoms with Crippen molar-refractivity contribution in [2.45, 2.75) is 13.3 Å². The quantitative estimate of drug-likeness (QED) is 0.308. The molecule has 2 N–H and O–H groups in total. The lowest BCUT2D eigenvalue weighted by Gasteiger charge is -2.09. The van der Waals surface area contributed by atoms with Crippen LogP contribution in [0.3, 0.4) is 0 Å². The average Bonchev–Trinajstić information content (AvgIpc) is 3.53. The van der Waals surface area contributed by atoms with Crippen LogP contribution in [-0.4, -0.2) is 35.4 Å². The van der Waals surface area contributed by atoms with Gasteiger partial charge in [0.15, 0.2) is 5.65 Å².